The van der Waals surface area contributed by atoms with Gasteiger partial charge < -0.3 is 19.5 Å². The lowest BCUT2D eigenvalue weighted by Gasteiger charge is -2.21. The molecule has 0 saturated carbocycles. The first-order valence-corrected chi connectivity index (χ1v) is 6.47. The van der Waals surface area contributed by atoms with Crippen LogP contribution >= 0.6 is 0 Å². The lowest BCUT2D eigenvalue weighted by molar-refractivity contribution is -0.144. The molecule has 19 heavy (non-hydrogen) atoms. The highest BCUT2D eigenvalue weighted by atomic mass is 16.6. The van der Waals surface area contributed by atoms with Crippen LogP contribution < -0.4 is 5.32 Å². The number of nitrogens with one attached hydrogen (secondary N) is 1. The minimum Gasteiger partial charge on any atom is -0.466 e. The highest BCUT2D eigenvalue weighted by Gasteiger charge is 2.17. The summed E-state index contributed by atoms with van der Waals surface area (Å²) in [6.07, 6.45) is -0.263. The van der Waals surface area contributed by atoms with E-state index < -0.39 is 11.7 Å². The van der Waals surface area contributed by atoms with Crippen LogP contribution in [0, 0.1) is 0 Å². The molecule has 1 atom stereocenters. The first-order valence-electron chi connectivity index (χ1n) is 6.47. The van der Waals surface area contributed by atoms with E-state index in [9.17, 15) is 9.59 Å². The van der Waals surface area contributed by atoms with Crippen LogP contribution in [-0.4, -0.2) is 43.5 Å². The van der Waals surface area contributed by atoms with Crippen LogP contribution in [0.4, 0.5) is 4.79 Å². The summed E-state index contributed by atoms with van der Waals surface area (Å²) in [5.74, 6) is -0.282. The van der Waals surface area contributed by atoms with Gasteiger partial charge in [0, 0.05) is 0 Å². The number of alkyl carbamates (subject to hydrolysis) is 1. The van der Waals surface area contributed by atoms with Crippen molar-refractivity contribution in [1.29, 1.82) is 0 Å². The predicted molar refractivity (Wildman–Crippen MR) is 70.9 cm³/mol. The molecular weight excluding hydrogens is 250 g/mol. The van der Waals surface area contributed by atoms with Crippen molar-refractivity contribution in [3.05, 3.63) is 0 Å². The Morgan fingerprint density at radius 1 is 1.26 bits per heavy atom. The van der Waals surface area contributed by atoms with Gasteiger partial charge in [0.05, 0.1) is 32.3 Å². The largest absolute Gasteiger partial charge is 0.466 e. The van der Waals surface area contributed by atoms with Gasteiger partial charge in [-0.05, 0) is 34.6 Å². The SMILES string of the molecule is CCOC(=O)CCOC[C@H](C)NC(=O)OC(C)(C)C. The molecule has 1 N–H and O–H groups in total. The van der Waals surface area contributed by atoms with Gasteiger partial charge in [0.2, 0.25) is 0 Å². The summed E-state index contributed by atoms with van der Waals surface area (Å²) < 4.78 is 15.1. The Balaban J connectivity index is 3.67. The lowest BCUT2D eigenvalue weighted by Crippen LogP contribution is -2.39. The Bertz CT molecular complexity index is 285. The average molecular weight is 275 g/mol. The lowest BCUT2D eigenvalue weighted by atomic mass is 10.2. The van der Waals surface area contributed by atoms with Crippen LogP contribution in [0.1, 0.15) is 41.0 Å². The Labute approximate surface area is 114 Å². The van der Waals surface area contributed by atoms with Crippen LogP contribution in [0.25, 0.3) is 0 Å². The molecule has 0 spiro atoms. The standard InChI is InChI=1S/C13H25NO5/c1-6-18-11(15)7-8-17-9-10(2)14-12(16)19-13(3,4)5/h10H,6-9H2,1-5H3,(H,14,16)/t10-/m0/s1. The van der Waals surface area contributed by atoms with Crippen molar-refractivity contribution >= 4 is 12.1 Å². The third kappa shape index (κ3) is 11.5. The van der Waals surface area contributed by atoms with Crippen LogP contribution in [0.15, 0.2) is 0 Å². The second kappa shape index (κ2) is 8.74. The molecular formula is C13H25NO5. The Morgan fingerprint density at radius 2 is 1.89 bits per heavy atom. The number of carbonyl (C=O) groups excluding carboxylic acids is 2. The van der Waals surface area contributed by atoms with Crippen LogP contribution in [0.3, 0.4) is 0 Å². The summed E-state index contributed by atoms with van der Waals surface area (Å²) >= 11 is 0. The maximum atomic E-state index is 11.4. The molecule has 0 aromatic rings. The molecule has 0 aliphatic heterocycles. The number of hydrogen-bond acceptors (Lipinski definition) is 5. The first-order chi connectivity index (χ1) is 8.74. The van der Waals surface area contributed by atoms with E-state index >= 15 is 0 Å². The van der Waals surface area contributed by atoms with Gasteiger partial charge in [-0.1, -0.05) is 0 Å². The van der Waals surface area contributed by atoms with Crippen molar-refractivity contribution in [2.45, 2.75) is 52.7 Å². The highest BCUT2D eigenvalue weighted by molar-refractivity contribution is 5.69. The van der Waals surface area contributed by atoms with Crippen molar-refractivity contribution in [2.75, 3.05) is 19.8 Å². The zero-order valence-electron chi connectivity index (χ0n) is 12.4. The van der Waals surface area contributed by atoms with E-state index in [-0.39, 0.29) is 25.0 Å². The topological polar surface area (TPSA) is 73.9 Å². The van der Waals surface area contributed by atoms with E-state index in [1.54, 1.807) is 34.6 Å². The molecule has 0 unspecified atom stereocenters. The molecule has 112 valence electrons. The summed E-state index contributed by atoms with van der Waals surface area (Å²) in [5, 5.41) is 2.65. The zero-order chi connectivity index (χ0) is 14.9. The van der Waals surface area contributed by atoms with E-state index in [0.29, 0.717) is 13.2 Å². The smallest absolute Gasteiger partial charge is 0.407 e. The maximum absolute atomic E-state index is 11.4. The third-order valence-electron chi connectivity index (χ3n) is 1.89. The molecule has 0 aromatic heterocycles. The van der Waals surface area contributed by atoms with Crippen molar-refractivity contribution in [3.63, 3.8) is 0 Å². The van der Waals surface area contributed by atoms with Gasteiger partial charge >= 0.3 is 12.1 Å². The minimum absolute atomic E-state index is 0.183. The van der Waals surface area contributed by atoms with Gasteiger partial charge in [-0.3, -0.25) is 4.79 Å². The Hall–Kier alpha value is -1.30. The van der Waals surface area contributed by atoms with E-state index in [4.69, 9.17) is 14.2 Å². The second-order valence-corrected chi connectivity index (χ2v) is 5.18. The number of carbonyl (C=O) groups is 2. The third-order valence-corrected chi connectivity index (χ3v) is 1.89. The molecule has 0 aliphatic carbocycles. The molecule has 0 rings (SSSR count). The number of hydrogen-bond donors (Lipinski definition) is 1. The number of amides is 1. The van der Waals surface area contributed by atoms with Gasteiger partial charge in [-0.2, -0.15) is 0 Å². The normalized spacial score (nSPS) is 12.7. The highest BCUT2D eigenvalue weighted by Crippen LogP contribution is 2.06. The molecule has 0 aromatic carbocycles. The summed E-state index contributed by atoms with van der Waals surface area (Å²) in [7, 11) is 0. The predicted octanol–water partition coefficient (Wildman–Crippen LogP) is 1.87. The summed E-state index contributed by atoms with van der Waals surface area (Å²) in [5.41, 5.74) is -0.519. The van der Waals surface area contributed by atoms with Gasteiger partial charge in [0.15, 0.2) is 0 Å². The molecule has 0 fully saturated rings. The molecule has 6 heteroatoms. The molecule has 1 amide bonds. The molecule has 0 aliphatic rings. The fraction of sp³-hybridized carbons (Fsp3) is 0.846. The van der Waals surface area contributed by atoms with Gasteiger partial charge in [0.25, 0.3) is 0 Å². The molecule has 0 heterocycles. The van der Waals surface area contributed by atoms with Crippen molar-refractivity contribution in [1.82, 2.24) is 5.32 Å². The van der Waals surface area contributed by atoms with E-state index in [1.807, 2.05) is 0 Å². The summed E-state index contributed by atoms with van der Waals surface area (Å²) in [6, 6.07) is -0.183. The van der Waals surface area contributed by atoms with Crippen molar-refractivity contribution in [2.24, 2.45) is 0 Å². The van der Waals surface area contributed by atoms with Crippen LogP contribution in [0.2, 0.25) is 0 Å². The molecule has 6 nitrogen and oxygen atoms in total. The molecule has 0 bridgehead atoms. The van der Waals surface area contributed by atoms with E-state index in [0.717, 1.165) is 0 Å². The van der Waals surface area contributed by atoms with E-state index in [1.165, 1.54) is 0 Å². The quantitative estimate of drug-likeness (QED) is 0.567. The minimum atomic E-state index is -0.519. The molecule has 0 radical (unpaired) electrons. The first kappa shape index (κ1) is 17.7. The monoisotopic (exact) mass is 275 g/mol. The van der Waals surface area contributed by atoms with Crippen LogP contribution in [0.5, 0.6) is 0 Å². The fourth-order valence-electron chi connectivity index (χ4n) is 1.20. The average Bonchev–Trinajstić information content (AvgIpc) is 2.21. The molecule has 0 saturated heterocycles. The van der Waals surface area contributed by atoms with Crippen molar-refractivity contribution in [3.8, 4) is 0 Å². The zero-order valence-corrected chi connectivity index (χ0v) is 12.4. The van der Waals surface area contributed by atoms with Gasteiger partial charge in [0.1, 0.15) is 5.60 Å². The number of ether oxygens (including phenoxy) is 3. The number of esters is 1. The Morgan fingerprint density at radius 3 is 2.42 bits per heavy atom. The number of rotatable bonds is 7. The summed E-state index contributed by atoms with van der Waals surface area (Å²) in [6.45, 7) is 9.92. The van der Waals surface area contributed by atoms with E-state index in [2.05, 4.69) is 5.32 Å². The van der Waals surface area contributed by atoms with Gasteiger partial charge in [-0.15, -0.1) is 0 Å². The summed E-state index contributed by atoms with van der Waals surface area (Å²) in [4.78, 5) is 22.5. The van der Waals surface area contributed by atoms with Crippen LogP contribution in [-0.2, 0) is 19.0 Å². The fourth-order valence-corrected chi connectivity index (χ4v) is 1.20. The second-order valence-electron chi connectivity index (χ2n) is 5.18. The van der Waals surface area contributed by atoms with Gasteiger partial charge in [-0.25, -0.2) is 4.79 Å². The van der Waals surface area contributed by atoms with Crippen molar-refractivity contribution < 1.29 is 23.8 Å². The Kier molecular flexibility index (Phi) is 8.14. The maximum Gasteiger partial charge on any atom is 0.407 e.